The van der Waals surface area contributed by atoms with Gasteiger partial charge in [-0.3, -0.25) is 9.59 Å². The Bertz CT molecular complexity index is 1690. The van der Waals surface area contributed by atoms with E-state index >= 15 is 4.39 Å². The van der Waals surface area contributed by atoms with Gasteiger partial charge in [0.1, 0.15) is 23.0 Å². The number of hydrogen-bond acceptors (Lipinski definition) is 7. The maximum Gasteiger partial charge on any atom is 0.287 e. The summed E-state index contributed by atoms with van der Waals surface area (Å²) in [6.07, 6.45) is 2.97. The Kier molecular flexibility index (Phi) is 8.02. The number of anilines is 4. The molecule has 0 spiro atoms. The fourth-order valence-electron chi connectivity index (χ4n) is 4.84. The van der Waals surface area contributed by atoms with Gasteiger partial charge in [0.2, 0.25) is 0 Å². The van der Waals surface area contributed by atoms with Crippen LogP contribution in [0.3, 0.4) is 0 Å². The number of aromatic amines is 1. The fraction of sp³-hybridized carbons (Fsp3) is 0.312. The molecule has 1 aliphatic heterocycles. The van der Waals surface area contributed by atoms with Crippen LogP contribution >= 0.6 is 0 Å². The minimum absolute atomic E-state index is 0.0154. The van der Waals surface area contributed by atoms with Crippen molar-refractivity contribution in [2.45, 2.75) is 51.6 Å². The summed E-state index contributed by atoms with van der Waals surface area (Å²) in [6, 6.07) is 13.9. The van der Waals surface area contributed by atoms with Gasteiger partial charge in [-0.15, -0.1) is 0 Å². The maximum atomic E-state index is 15.6. The second-order valence-corrected chi connectivity index (χ2v) is 12.1. The third-order valence-electron chi connectivity index (χ3n) is 7.64. The van der Waals surface area contributed by atoms with E-state index in [4.69, 9.17) is 0 Å². The van der Waals surface area contributed by atoms with E-state index in [1.54, 1.807) is 36.5 Å². The van der Waals surface area contributed by atoms with E-state index in [1.807, 2.05) is 33.8 Å². The highest BCUT2D eigenvalue weighted by atomic mass is 19.1. The van der Waals surface area contributed by atoms with E-state index < -0.39 is 34.4 Å². The number of halogens is 2. The van der Waals surface area contributed by atoms with Crippen LogP contribution in [0.15, 0.2) is 65.6 Å². The minimum Gasteiger partial charge on any atom is -0.390 e. The zero-order chi connectivity index (χ0) is 30.9. The molecular formula is C32H34F2N6O3. The van der Waals surface area contributed by atoms with Gasteiger partial charge in [0, 0.05) is 24.2 Å². The van der Waals surface area contributed by atoms with Gasteiger partial charge >= 0.3 is 0 Å². The summed E-state index contributed by atoms with van der Waals surface area (Å²) in [5, 5.41) is 21.7. The Balaban J connectivity index is 1.34. The lowest BCUT2D eigenvalue weighted by molar-refractivity contribution is 0.0351. The highest BCUT2D eigenvalue weighted by molar-refractivity contribution is 6.04. The smallest absolute Gasteiger partial charge is 0.287 e. The number of pyridine rings is 1. The summed E-state index contributed by atoms with van der Waals surface area (Å²) in [7, 11) is 0. The molecule has 43 heavy (non-hydrogen) atoms. The predicted molar refractivity (Wildman–Crippen MR) is 163 cm³/mol. The molecule has 5 rings (SSSR count). The van der Waals surface area contributed by atoms with Gasteiger partial charge in [0.15, 0.2) is 5.82 Å². The molecule has 0 saturated carbocycles. The molecule has 3 heterocycles. The van der Waals surface area contributed by atoms with Crippen LogP contribution < -0.4 is 21.1 Å². The van der Waals surface area contributed by atoms with Crippen molar-refractivity contribution in [3.8, 4) is 11.3 Å². The van der Waals surface area contributed by atoms with Crippen molar-refractivity contribution in [2.24, 2.45) is 0 Å². The number of aromatic nitrogens is 3. The maximum absolute atomic E-state index is 15.6. The molecule has 1 saturated heterocycles. The number of H-pyrrole nitrogens is 1. The quantitative estimate of drug-likeness (QED) is 0.226. The van der Waals surface area contributed by atoms with Gasteiger partial charge in [0.05, 0.1) is 23.2 Å². The van der Waals surface area contributed by atoms with E-state index in [0.29, 0.717) is 31.7 Å². The number of nitrogens with one attached hydrogen (secondary N) is 3. The molecule has 2 aromatic heterocycles. The van der Waals surface area contributed by atoms with Crippen molar-refractivity contribution >= 4 is 28.8 Å². The molecule has 224 valence electrons. The molecule has 1 fully saturated rings. The normalized spacial score (nSPS) is 14.8. The van der Waals surface area contributed by atoms with Crippen LogP contribution in [-0.4, -0.2) is 44.9 Å². The van der Waals surface area contributed by atoms with Crippen LogP contribution in [0.4, 0.5) is 31.7 Å². The van der Waals surface area contributed by atoms with E-state index in [-0.39, 0.29) is 27.9 Å². The van der Waals surface area contributed by atoms with Crippen molar-refractivity contribution in [1.29, 1.82) is 0 Å². The van der Waals surface area contributed by atoms with Crippen LogP contribution in [0.1, 0.15) is 56.5 Å². The average Bonchev–Trinajstić information content (AvgIpc) is 2.96. The second kappa shape index (κ2) is 11.6. The van der Waals surface area contributed by atoms with Crippen LogP contribution in [0.25, 0.3) is 11.3 Å². The Morgan fingerprint density at radius 2 is 1.74 bits per heavy atom. The monoisotopic (exact) mass is 588 g/mol. The molecule has 0 radical (unpaired) electrons. The third-order valence-corrected chi connectivity index (χ3v) is 7.64. The second-order valence-electron chi connectivity index (χ2n) is 12.1. The number of aliphatic hydroxyl groups is 1. The first-order valence-electron chi connectivity index (χ1n) is 14.0. The van der Waals surface area contributed by atoms with Gasteiger partial charge in [-0.2, -0.15) is 5.10 Å². The van der Waals surface area contributed by atoms with Crippen molar-refractivity contribution in [3.05, 3.63) is 93.9 Å². The molecule has 0 aliphatic carbocycles. The lowest BCUT2D eigenvalue weighted by Crippen LogP contribution is -2.42. The summed E-state index contributed by atoms with van der Waals surface area (Å²) < 4.78 is 30.3. The number of piperidine rings is 1. The minimum atomic E-state index is -1.03. The van der Waals surface area contributed by atoms with Gasteiger partial charge in [-0.1, -0.05) is 32.9 Å². The van der Waals surface area contributed by atoms with Crippen molar-refractivity contribution < 1.29 is 18.7 Å². The van der Waals surface area contributed by atoms with Gasteiger partial charge < -0.3 is 20.6 Å². The zero-order valence-electron chi connectivity index (χ0n) is 24.5. The Labute approximate surface area is 248 Å². The van der Waals surface area contributed by atoms with Crippen LogP contribution in [-0.2, 0) is 5.41 Å². The molecule has 2 aromatic carbocycles. The number of amides is 1. The number of carbonyl (C=O) groups is 1. The number of benzene rings is 2. The highest BCUT2D eigenvalue weighted by Crippen LogP contribution is 2.31. The first-order chi connectivity index (χ1) is 20.3. The zero-order valence-corrected chi connectivity index (χ0v) is 24.5. The summed E-state index contributed by atoms with van der Waals surface area (Å²) in [5.41, 5.74) is 0.118. The summed E-state index contributed by atoms with van der Waals surface area (Å²) >= 11 is 0. The van der Waals surface area contributed by atoms with Crippen molar-refractivity contribution in [1.82, 2.24) is 15.2 Å². The largest absolute Gasteiger partial charge is 0.390 e. The molecule has 9 nitrogen and oxygen atoms in total. The lowest BCUT2D eigenvalue weighted by Gasteiger charge is -2.36. The number of carbonyl (C=O) groups excluding carboxylic acids is 1. The molecule has 1 aliphatic rings. The molecule has 4 N–H and O–H groups in total. The van der Waals surface area contributed by atoms with Crippen LogP contribution in [0.5, 0.6) is 0 Å². The molecule has 0 bridgehead atoms. The van der Waals surface area contributed by atoms with Gasteiger partial charge in [-0.05, 0) is 73.2 Å². The third kappa shape index (κ3) is 6.72. The van der Waals surface area contributed by atoms with Crippen molar-refractivity contribution in [2.75, 3.05) is 28.6 Å². The molecule has 1 amide bonds. The Morgan fingerprint density at radius 3 is 2.37 bits per heavy atom. The Morgan fingerprint density at radius 1 is 1.05 bits per heavy atom. The van der Waals surface area contributed by atoms with Crippen LogP contribution in [0.2, 0.25) is 0 Å². The molecule has 0 unspecified atom stereocenters. The number of nitrogens with zero attached hydrogens (tertiary/aromatic N) is 3. The summed E-state index contributed by atoms with van der Waals surface area (Å²) in [5.74, 6) is -2.28. The Hall–Kier alpha value is -4.64. The number of rotatable bonds is 6. The fourth-order valence-corrected chi connectivity index (χ4v) is 4.84. The molecular weight excluding hydrogens is 554 g/mol. The van der Waals surface area contributed by atoms with E-state index in [9.17, 15) is 19.1 Å². The van der Waals surface area contributed by atoms with Crippen LogP contribution in [0, 0.1) is 11.6 Å². The standard InChI is InChI=1S/C32H34F2N6O3/c1-31(2,3)20-7-5-19(6-8-20)29(41)37-28-23(33)11-10-22(27(28)34)24-17-25(30(42)39-38-24)36-26-12-9-21(18-35-26)40-15-13-32(4,43)14-16-40/h5-12,17-18,43H,13-16H2,1-4H3,(H,37,41)(H,39,42)(H,35,36,38). The van der Waals surface area contributed by atoms with E-state index in [2.05, 4.69) is 30.7 Å². The predicted octanol–water partition coefficient (Wildman–Crippen LogP) is 5.75. The van der Waals surface area contributed by atoms with E-state index in [0.717, 1.165) is 17.3 Å². The number of hydrogen-bond donors (Lipinski definition) is 4. The summed E-state index contributed by atoms with van der Waals surface area (Å²) in [6.45, 7) is 9.35. The molecule has 4 aromatic rings. The molecule has 11 heteroatoms. The highest BCUT2D eigenvalue weighted by Gasteiger charge is 2.27. The summed E-state index contributed by atoms with van der Waals surface area (Å²) in [4.78, 5) is 31.9. The van der Waals surface area contributed by atoms with Gasteiger partial charge in [-0.25, -0.2) is 18.9 Å². The van der Waals surface area contributed by atoms with Crippen molar-refractivity contribution in [3.63, 3.8) is 0 Å². The van der Waals surface area contributed by atoms with Gasteiger partial charge in [0.25, 0.3) is 11.5 Å². The first kappa shape index (κ1) is 29.8. The topological polar surface area (TPSA) is 123 Å². The van der Waals surface area contributed by atoms with E-state index in [1.165, 1.54) is 12.1 Å². The first-order valence-corrected chi connectivity index (χ1v) is 14.0. The average molecular weight is 589 g/mol. The molecule has 0 atom stereocenters. The SMILES string of the molecule is CC1(O)CCN(c2ccc(Nc3cc(-c4ccc(F)c(NC(=O)c5ccc(C(C)(C)C)cc5)c4F)n[nH]c3=O)nc2)CC1. The lowest BCUT2D eigenvalue weighted by atomic mass is 9.87.